The third-order valence-corrected chi connectivity index (χ3v) is 8.79. The zero-order valence-corrected chi connectivity index (χ0v) is 34.1. The van der Waals surface area contributed by atoms with Crippen molar-refractivity contribution >= 4 is 23.6 Å². The van der Waals surface area contributed by atoms with E-state index in [1.165, 1.54) is 38.1 Å². The van der Waals surface area contributed by atoms with Gasteiger partial charge in [0.1, 0.15) is 23.3 Å². The number of aliphatic hydroxyl groups is 2. The monoisotopic (exact) mass is 806 g/mol. The summed E-state index contributed by atoms with van der Waals surface area (Å²) in [5.41, 5.74) is 0.665. The number of halogens is 4. The molecule has 4 amide bonds. The number of hydrogen-bond acceptors (Lipinski definition) is 6. The molecule has 14 heteroatoms. The van der Waals surface area contributed by atoms with Crippen molar-refractivity contribution in [1.82, 2.24) is 21.3 Å². The third kappa shape index (κ3) is 22.7. The minimum atomic E-state index is -0.994. The van der Waals surface area contributed by atoms with Gasteiger partial charge in [-0.05, 0) is 86.8 Å². The Balaban J connectivity index is 0.000000570. The van der Waals surface area contributed by atoms with E-state index in [9.17, 15) is 47.0 Å². The molecule has 2 rings (SSSR count). The van der Waals surface area contributed by atoms with Gasteiger partial charge in [0.15, 0.2) is 0 Å². The lowest BCUT2D eigenvalue weighted by Gasteiger charge is -2.28. The predicted molar refractivity (Wildman–Crippen MR) is 214 cm³/mol. The summed E-state index contributed by atoms with van der Waals surface area (Å²) in [5.74, 6) is -3.86. The number of aliphatic hydroxyl groups excluding tert-OH is 2. The van der Waals surface area contributed by atoms with Crippen molar-refractivity contribution in [3.8, 4) is 0 Å². The Morgan fingerprint density at radius 3 is 1.28 bits per heavy atom. The quantitative estimate of drug-likeness (QED) is 0.0563. The van der Waals surface area contributed by atoms with Gasteiger partial charge in [0, 0.05) is 50.9 Å². The first kappa shape index (κ1) is 50.5. The highest BCUT2D eigenvalue weighted by molar-refractivity contribution is 5.78. The SMILES string of the molecule is CCC=CCC(=O)NC(CC)C[C@H](O)[C@H](Cc1cc(F)cc(F)c1)NC(C)=O.CCC=CCC(=O)NC(CCC)C[C@H](O)[C@H](Cc1cc(F)cc(F)c1)NC(C)=O. The number of carbonyl (C=O) groups excluding carboxylic acids is 4. The van der Waals surface area contributed by atoms with Gasteiger partial charge >= 0.3 is 0 Å². The molecule has 0 aliphatic heterocycles. The number of hydrogen-bond donors (Lipinski definition) is 6. The second kappa shape index (κ2) is 27.9. The third-order valence-electron chi connectivity index (χ3n) is 8.79. The molecule has 0 aliphatic rings. The largest absolute Gasteiger partial charge is 0.391 e. The Bertz CT molecular complexity index is 1570. The van der Waals surface area contributed by atoms with E-state index >= 15 is 0 Å². The summed E-state index contributed by atoms with van der Waals surface area (Å²) >= 11 is 0. The molecule has 0 aliphatic carbocycles. The van der Waals surface area contributed by atoms with E-state index in [0.29, 0.717) is 24.0 Å². The maximum atomic E-state index is 13.5. The second-order valence-electron chi connectivity index (χ2n) is 14.1. The maximum Gasteiger partial charge on any atom is 0.224 e. The molecule has 0 radical (unpaired) electrons. The van der Waals surface area contributed by atoms with Gasteiger partial charge in [-0.3, -0.25) is 19.2 Å². The lowest BCUT2D eigenvalue weighted by molar-refractivity contribution is -0.122. The first-order valence-corrected chi connectivity index (χ1v) is 19.7. The van der Waals surface area contributed by atoms with Crippen molar-refractivity contribution in [3.63, 3.8) is 0 Å². The average Bonchev–Trinajstić information content (AvgIpc) is 3.10. The van der Waals surface area contributed by atoms with Crippen molar-refractivity contribution in [2.24, 2.45) is 0 Å². The van der Waals surface area contributed by atoms with Gasteiger partial charge in [-0.1, -0.05) is 58.4 Å². The van der Waals surface area contributed by atoms with E-state index in [-0.39, 0.29) is 74.2 Å². The van der Waals surface area contributed by atoms with Crippen LogP contribution in [0.3, 0.4) is 0 Å². The number of allylic oxidation sites excluding steroid dienone is 2. The number of amides is 4. The minimum absolute atomic E-state index is 0.0685. The number of nitrogens with one attached hydrogen (secondary N) is 4. The fraction of sp³-hybridized carbons (Fsp3) is 0.535. The summed E-state index contributed by atoms with van der Waals surface area (Å²) in [4.78, 5) is 47.2. The standard InChI is InChI=1S/C22H32F2N2O3.C21H30F2N2O3/c1-4-6-7-9-22(29)26-19(8-5-2)14-21(28)20(25-15(3)27)12-16-10-17(23)13-18(24)11-16;1-4-6-7-8-21(28)25-18(5-2)13-20(27)19(24-14(3)26)11-15-9-16(22)12-17(23)10-15/h6-7,10-11,13,19-21,28H,4-5,8-9,12,14H2,1-3H3,(H,25,27)(H,26,29);6-7,9-10,12,18-20,27H,4-5,8,11,13H2,1-3H3,(H,24,26)(H,25,28)/t19?,20-,21-;18?,19-,20-/m00/s1. The van der Waals surface area contributed by atoms with E-state index in [1.54, 1.807) is 12.2 Å². The summed E-state index contributed by atoms with van der Waals surface area (Å²) in [6.45, 7) is 10.4. The molecule has 0 aromatic heterocycles. The van der Waals surface area contributed by atoms with Crippen LogP contribution in [0, 0.1) is 23.3 Å². The van der Waals surface area contributed by atoms with Gasteiger partial charge < -0.3 is 31.5 Å². The zero-order chi connectivity index (χ0) is 42.9. The molecule has 6 atom stereocenters. The highest BCUT2D eigenvalue weighted by Crippen LogP contribution is 2.17. The Labute approximate surface area is 335 Å². The summed E-state index contributed by atoms with van der Waals surface area (Å²) < 4.78 is 53.8. The summed E-state index contributed by atoms with van der Waals surface area (Å²) in [6.07, 6.45) is 10.3. The van der Waals surface area contributed by atoms with E-state index < -0.39 is 47.6 Å². The Morgan fingerprint density at radius 2 is 0.947 bits per heavy atom. The summed E-state index contributed by atoms with van der Waals surface area (Å²) in [5, 5.41) is 32.4. The molecule has 0 heterocycles. The fourth-order valence-electron chi connectivity index (χ4n) is 6.18. The topological polar surface area (TPSA) is 157 Å². The zero-order valence-electron chi connectivity index (χ0n) is 34.1. The van der Waals surface area contributed by atoms with Crippen LogP contribution in [0.5, 0.6) is 0 Å². The molecule has 6 N–H and O–H groups in total. The molecular weight excluding hydrogens is 744 g/mol. The van der Waals surface area contributed by atoms with Crippen molar-refractivity contribution in [2.45, 2.75) is 149 Å². The van der Waals surface area contributed by atoms with Crippen molar-refractivity contribution < 1.29 is 47.0 Å². The van der Waals surface area contributed by atoms with Crippen molar-refractivity contribution in [1.29, 1.82) is 0 Å². The molecule has 0 saturated carbocycles. The van der Waals surface area contributed by atoms with E-state index in [0.717, 1.165) is 31.4 Å². The lowest BCUT2D eigenvalue weighted by Crippen LogP contribution is -2.47. The van der Waals surface area contributed by atoms with Crippen molar-refractivity contribution in [3.05, 3.63) is 95.1 Å². The molecule has 57 heavy (non-hydrogen) atoms. The Morgan fingerprint density at radius 1 is 0.579 bits per heavy atom. The molecule has 0 spiro atoms. The van der Waals surface area contributed by atoms with Gasteiger partial charge in [-0.15, -0.1) is 0 Å². The van der Waals surface area contributed by atoms with Crippen LogP contribution in [-0.4, -0.2) is 70.2 Å². The van der Waals surface area contributed by atoms with E-state index in [4.69, 9.17) is 0 Å². The highest BCUT2D eigenvalue weighted by Gasteiger charge is 2.26. The van der Waals surface area contributed by atoms with Gasteiger partial charge in [0.25, 0.3) is 0 Å². The highest BCUT2D eigenvalue weighted by atomic mass is 19.1. The number of rotatable bonds is 23. The molecule has 2 unspecified atom stereocenters. The normalized spacial score (nSPS) is 14.5. The molecule has 2 aromatic rings. The van der Waals surface area contributed by atoms with Crippen LogP contribution in [-0.2, 0) is 32.0 Å². The summed E-state index contributed by atoms with van der Waals surface area (Å²) in [7, 11) is 0. The maximum absolute atomic E-state index is 13.5. The molecule has 0 bridgehead atoms. The van der Waals surface area contributed by atoms with Crippen LogP contribution in [0.15, 0.2) is 60.7 Å². The molecule has 2 aromatic carbocycles. The van der Waals surface area contributed by atoms with Crippen molar-refractivity contribution in [2.75, 3.05) is 0 Å². The second-order valence-corrected chi connectivity index (χ2v) is 14.1. The number of benzene rings is 2. The average molecular weight is 807 g/mol. The lowest BCUT2D eigenvalue weighted by atomic mass is 9.94. The molecular formula is C43H62F4N4O6. The Kier molecular flexibility index (Phi) is 24.7. The predicted octanol–water partition coefficient (Wildman–Crippen LogP) is 6.42. The molecule has 0 saturated heterocycles. The molecule has 0 fully saturated rings. The van der Waals surface area contributed by atoms with Gasteiger partial charge in [-0.2, -0.15) is 0 Å². The molecule has 10 nitrogen and oxygen atoms in total. The van der Waals surface area contributed by atoms with Crippen LogP contribution < -0.4 is 21.3 Å². The van der Waals surface area contributed by atoms with Crippen LogP contribution >= 0.6 is 0 Å². The van der Waals surface area contributed by atoms with Gasteiger partial charge in [-0.25, -0.2) is 17.6 Å². The molecule has 318 valence electrons. The van der Waals surface area contributed by atoms with Crippen LogP contribution in [0.4, 0.5) is 17.6 Å². The Hall–Kier alpha value is -4.56. The van der Waals surface area contributed by atoms with Crippen LogP contribution in [0.2, 0.25) is 0 Å². The first-order valence-electron chi connectivity index (χ1n) is 19.7. The summed E-state index contributed by atoms with van der Waals surface area (Å²) in [6, 6.07) is 4.22. The van der Waals surface area contributed by atoms with Gasteiger partial charge in [0.05, 0.1) is 24.3 Å². The first-order chi connectivity index (χ1) is 27.0. The number of carbonyl (C=O) groups is 4. The van der Waals surface area contributed by atoms with Crippen LogP contribution in [0.25, 0.3) is 0 Å². The minimum Gasteiger partial charge on any atom is -0.391 e. The smallest absolute Gasteiger partial charge is 0.224 e. The fourth-order valence-corrected chi connectivity index (χ4v) is 6.18. The van der Waals surface area contributed by atoms with E-state index in [1.807, 2.05) is 39.8 Å². The van der Waals surface area contributed by atoms with Gasteiger partial charge in [0.2, 0.25) is 23.6 Å². The van der Waals surface area contributed by atoms with E-state index in [2.05, 4.69) is 21.3 Å². The van der Waals surface area contributed by atoms with Crippen LogP contribution in [0.1, 0.15) is 110 Å².